The van der Waals surface area contributed by atoms with Gasteiger partial charge in [0.2, 0.25) is 5.91 Å². The van der Waals surface area contributed by atoms with Gasteiger partial charge in [-0.1, -0.05) is 12.1 Å². The van der Waals surface area contributed by atoms with Gasteiger partial charge in [0, 0.05) is 20.2 Å². The predicted octanol–water partition coefficient (Wildman–Crippen LogP) is 1.11. The zero-order chi connectivity index (χ0) is 14.8. The molecule has 1 aromatic rings. The van der Waals surface area contributed by atoms with Crippen LogP contribution >= 0.6 is 0 Å². The first kappa shape index (κ1) is 16.5. The van der Waals surface area contributed by atoms with Crippen LogP contribution in [0.4, 0.5) is 0 Å². The smallest absolute Gasteiger partial charge is 0.236 e. The molecule has 0 saturated carbocycles. The second-order valence-corrected chi connectivity index (χ2v) is 4.62. The molecule has 0 radical (unpaired) electrons. The number of carbonyl (C=O) groups is 1. The van der Waals surface area contributed by atoms with Crippen LogP contribution in [0.5, 0.6) is 5.75 Å². The highest BCUT2D eigenvalue weighted by molar-refractivity contribution is 5.81. The number of ether oxygens (including phenoxy) is 2. The summed E-state index contributed by atoms with van der Waals surface area (Å²) in [5, 5.41) is 5.90. The van der Waals surface area contributed by atoms with Crippen molar-refractivity contribution in [1.29, 1.82) is 0 Å². The highest BCUT2D eigenvalue weighted by Gasteiger charge is 2.10. The number of aryl methyl sites for hydroxylation is 1. The van der Waals surface area contributed by atoms with Crippen LogP contribution < -0.4 is 15.4 Å². The van der Waals surface area contributed by atoms with Crippen LogP contribution in [0.3, 0.4) is 0 Å². The molecule has 5 heteroatoms. The molecule has 1 aromatic carbocycles. The van der Waals surface area contributed by atoms with E-state index >= 15 is 0 Å². The summed E-state index contributed by atoms with van der Waals surface area (Å²) in [7, 11) is 1.61. The third-order valence-electron chi connectivity index (χ3n) is 2.81. The second-order valence-electron chi connectivity index (χ2n) is 4.62. The van der Waals surface area contributed by atoms with E-state index in [1.54, 1.807) is 7.11 Å². The van der Waals surface area contributed by atoms with Crippen LogP contribution in [0.15, 0.2) is 24.3 Å². The first-order valence-electron chi connectivity index (χ1n) is 6.83. The number of methoxy groups -OCH3 is 1. The van der Waals surface area contributed by atoms with E-state index in [1.165, 1.54) is 5.56 Å². The lowest BCUT2D eigenvalue weighted by molar-refractivity contribution is -0.122. The Morgan fingerprint density at radius 2 is 2.10 bits per heavy atom. The number of rotatable bonds is 9. The van der Waals surface area contributed by atoms with Gasteiger partial charge in [0.25, 0.3) is 0 Å². The molecule has 0 spiro atoms. The van der Waals surface area contributed by atoms with Crippen molar-refractivity contribution in [2.45, 2.75) is 19.9 Å². The molecule has 20 heavy (non-hydrogen) atoms. The summed E-state index contributed by atoms with van der Waals surface area (Å²) in [6.07, 6.45) is 0. The molecule has 0 aromatic heterocycles. The molecule has 1 unspecified atom stereocenters. The number of carbonyl (C=O) groups excluding carboxylic acids is 1. The maximum absolute atomic E-state index is 11.7. The SMILES string of the molecule is COCCNC(=O)C(C)NCCOc1cccc(C)c1. The van der Waals surface area contributed by atoms with Gasteiger partial charge in [-0.3, -0.25) is 4.79 Å². The van der Waals surface area contributed by atoms with Gasteiger partial charge >= 0.3 is 0 Å². The molecule has 1 atom stereocenters. The molecular formula is C15H24N2O3. The van der Waals surface area contributed by atoms with Gasteiger partial charge in [0.1, 0.15) is 12.4 Å². The van der Waals surface area contributed by atoms with Crippen LogP contribution in [0, 0.1) is 6.92 Å². The van der Waals surface area contributed by atoms with Crippen molar-refractivity contribution in [2.75, 3.05) is 33.4 Å². The largest absolute Gasteiger partial charge is 0.492 e. The minimum Gasteiger partial charge on any atom is -0.492 e. The Morgan fingerprint density at radius 3 is 2.80 bits per heavy atom. The Balaban J connectivity index is 2.15. The average Bonchev–Trinajstić information content (AvgIpc) is 2.43. The summed E-state index contributed by atoms with van der Waals surface area (Å²) in [6.45, 7) is 6.05. The summed E-state index contributed by atoms with van der Waals surface area (Å²) in [4.78, 5) is 11.7. The first-order valence-corrected chi connectivity index (χ1v) is 6.83. The van der Waals surface area contributed by atoms with Gasteiger partial charge in [-0.05, 0) is 31.5 Å². The highest BCUT2D eigenvalue weighted by atomic mass is 16.5. The highest BCUT2D eigenvalue weighted by Crippen LogP contribution is 2.11. The molecular weight excluding hydrogens is 256 g/mol. The van der Waals surface area contributed by atoms with Gasteiger partial charge < -0.3 is 20.1 Å². The number of hydrogen-bond acceptors (Lipinski definition) is 4. The zero-order valence-electron chi connectivity index (χ0n) is 12.4. The monoisotopic (exact) mass is 280 g/mol. The summed E-state index contributed by atoms with van der Waals surface area (Å²) < 4.78 is 10.5. The molecule has 0 aliphatic heterocycles. The maximum atomic E-state index is 11.7. The molecule has 0 saturated heterocycles. The van der Waals surface area contributed by atoms with E-state index < -0.39 is 0 Å². The third kappa shape index (κ3) is 6.54. The molecule has 0 heterocycles. The zero-order valence-corrected chi connectivity index (χ0v) is 12.4. The number of amides is 1. The minimum absolute atomic E-state index is 0.0300. The number of benzene rings is 1. The summed E-state index contributed by atoms with van der Waals surface area (Å²) in [5.74, 6) is 0.821. The Labute approximate surface area is 120 Å². The molecule has 112 valence electrons. The van der Waals surface area contributed by atoms with E-state index in [0.29, 0.717) is 26.3 Å². The van der Waals surface area contributed by atoms with E-state index in [-0.39, 0.29) is 11.9 Å². The number of hydrogen-bond donors (Lipinski definition) is 2. The molecule has 0 fully saturated rings. The molecule has 0 aliphatic carbocycles. The van der Waals surface area contributed by atoms with Crippen LogP contribution in [0.2, 0.25) is 0 Å². The molecule has 1 amide bonds. The van der Waals surface area contributed by atoms with Crippen molar-refractivity contribution in [3.63, 3.8) is 0 Å². The van der Waals surface area contributed by atoms with E-state index in [2.05, 4.69) is 10.6 Å². The minimum atomic E-state index is -0.243. The molecule has 5 nitrogen and oxygen atoms in total. The van der Waals surface area contributed by atoms with Crippen molar-refractivity contribution in [3.05, 3.63) is 29.8 Å². The van der Waals surface area contributed by atoms with E-state index in [4.69, 9.17) is 9.47 Å². The lowest BCUT2D eigenvalue weighted by Gasteiger charge is -2.14. The Morgan fingerprint density at radius 1 is 1.30 bits per heavy atom. The van der Waals surface area contributed by atoms with E-state index in [0.717, 1.165) is 5.75 Å². The summed E-state index contributed by atoms with van der Waals surface area (Å²) in [6, 6.07) is 7.66. The average molecular weight is 280 g/mol. The lowest BCUT2D eigenvalue weighted by atomic mass is 10.2. The van der Waals surface area contributed by atoms with E-state index in [1.807, 2.05) is 38.1 Å². The van der Waals surface area contributed by atoms with Crippen molar-refractivity contribution in [2.24, 2.45) is 0 Å². The van der Waals surface area contributed by atoms with Crippen molar-refractivity contribution >= 4 is 5.91 Å². The predicted molar refractivity (Wildman–Crippen MR) is 79.0 cm³/mol. The van der Waals surface area contributed by atoms with Gasteiger partial charge in [-0.25, -0.2) is 0 Å². The Hall–Kier alpha value is -1.59. The van der Waals surface area contributed by atoms with Crippen LogP contribution in [0.25, 0.3) is 0 Å². The fourth-order valence-electron chi connectivity index (χ4n) is 1.67. The van der Waals surface area contributed by atoms with Crippen LogP contribution in [-0.2, 0) is 9.53 Å². The second kappa shape index (κ2) is 9.34. The van der Waals surface area contributed by atoms with Crippen LogP contribution in [-0.4, -0.2) is 45.4 Å². The molecule has 2 N–H and O–H groups in total. The fourth-order valence-corrected chi connectivity index (χ4v) is 1.67. The fraction of sp³-hybridized carbons (Fsp3) is 0.533. The summed E-state index contributed by atoms with van der Waals surface area (Å²) in [5.41, 5.74) is 1.17. The van der Waals surface area contributed by atoms with Gasteiger partial charge in [-0.2, -0.15) is 0 Å². The molecule has 1 rings (SSSR count). The van der Waals surface area contributed by atoms with Crippen molar-refractivity contribution < 1.29 is 14.3 Å². The molecule has 0 aliphatic rings. The topological polar surface area (TPSA) is 59.6 Å². The standard InChI is InChI=1S/C15H24N2O3/c1-12-5-4-6-14(11-12)20-10-8-16-13(2)15(18)17-7-9-19-3/h4-6,11,13,16H,7-10H2,1-3H3,(H,17,18). The first-order chi connectivity index (χ1) is 9.63. The Bertz CT molecular complexity index is 410. The van der Waals surface area contributed by atoms with Gasteiger partial charge in [0.05, 0.1) is 12.6 Å². The number of nitrogens with one attached hydrogen (secondary N) is 2. The maximum Gasteiger partial charge on any atom is 0.236 e. The molecule has 0 bridgehead atoms. The van der Waals surface area contributed by atoms with Crippen molar-refractivity contribution in [3.8, 4) is 5.75 Å². The van der Waals surface area contributed by atoms with Gasteiger partial charge in [-0.15, -0.1) is 0 Å². The van der Waals surface area contributed by atoms with Crippen LogP contribution in [0.1, 0.15) is 12.5 Å². The van der Waals surface area contributed by atoms with E-state index in [9.17, 15) is 4.79 Å². The quantitative estimate of drug-likeness (QED) is 0.665. The van der Waals surface area contributed by atoms with Crippen molar-refractivity contribution in [1.82, 2.24) is 10.6 Å². The van der Waals surface area contributed by atoms with Gasteiger partial charge in [0.15, 0.2) is 0 Å². The third-order valence-corrected chi connectivity index (χ3v) is 2.81. The lowest BCUT2D eigenvalue weighted by Crippen LogP contribution is -2.44. The summed E-state index contributed by atoms with van der Waals surface area (Å²) >= 11 is 0. The normalized spacial score (nSPS) is 11.9. The Kier molecular flexibility index (Phi) is 7.69.